The fourth-order valence-electron chi connectivity index (χ4n) is 2.62. The Morgan fingerprint density at radius 2 is 2.00 bits per heavy atom. The summed E-state index contributed by atoms with van der Waals surface area (Å²) in [6.45, 7) is 2.35. The summed E-state index contributed by atoms with van der Waals surface area (Å²) < 4.78 is 6.88. The predicted molar refractivity (Wildman–Crippen MR) is 107 cm³/mol. The minimum Gasteiger partial charge on any atom is -0.347 e. The topological polar surface area (TPSA) is 98.7 Å². The highest BCUT2D eigenvalue weighted by atomic mass is 35.5. The van der Waals surface area contributed by atoms with Crippen LogP contribution >= 0.6 is 11.6 Å². The monoisotopic (exact) mass is 408 g/mol. The Labute approximate surface area is 171 Å². The van der Waals surface area contributed by atoms with Crippen molar-refractivity contribution < 1.29 is 9.32 Å². The molecule has 0 aliphatic carbocycles. The molecular formula is C20H17ClN6O2. The quantitative estimate of drug-likeness (QED) is 0.524. The Balaban J connectivity index is 1.42. The zero-order valence-corrected chi connectivity index (χ0v) is 16.3. The third-order valence-corrected chi connectivity index (χ3v) is 4.48. The summed E-state index contributed by atoms with van der Waals surface area (Å²) in [7, 11) is 0. The van der Waals surface area contributed by atoms with E-state index < -0.39 is 0 Å². The standard InChI is InChI=1S/C20H17ClN6O2/c1-2-17-25-20(29-26-17)14-5-8-18(22-10-14)27-11-16(24-12-27)19(28)23-9-13-3-6-15(21)7-4-13/h3-8,10-12H,2,9H2,1H3,(H,23,28). The van der Waals surface area contributed by atoms with Gasteiger partial charge in [-0.3, -0.25) is 9.36 Å². The van der Waals surface area contributed by atoms with Crippen LogP contribution in [-0.4, -0.2) is 30.6 Å². The van der Waals surface area contributed by atoms with Crippen LogP contribution in [0.4, 0.5) is 0 Å². The second kappa shape index (κ2) is 8.24. The Morgan fingerprint density at radius 1 is 1.17 bits per heavy atom. The molecule has 4 rings (SSSR count). The van der Waals surface area contributed by atoms with Gasteiger partial charge in [0, 0.05) is 30.4 Å². The first-order valence-electron chi connectivity index (χ1n) is 8.98. The van der Waals surface area contributed by atoms with Crippen molar-refractivity contribution in [1.82, 2.24) is 30.0 Å². The normalized spacial score (nSPS) is 10.8. The van der Waals surface area contributed by atoms with Gasteiger partial charge in [0.25, 0.3) is 11.8 Å². The Bertz CT molecular complexity index is 1120. The minimum atomic E-state index is -0.270. The van der Waals surface area contributed by atoms with Crippen molar-refractivity contribution >= 4 is 17.5 Å². The molecule has 3 aromatic heterocycles. The Morgan fingerprint density at radius 3 is 2.69 bits per heavy atom. The van der Waals surface area contributed by atoms with Crippen molar-refractivity contribution in [2.24, 2.45) is 0 Å². The third-order valence-electron chi connectivity index (χ3n) is 4.23. The molecule has 0 saturated heterocycles. The molecule has 0 aliphatic rings. The molecule has 0 fully saturated rings. The number of halogens is 1. The number of rotatable bonds is 6. The highest BCUT2D eigenvalue weighted by Gasteiger charge is 2.12. The van der Waals surface area contributed by atoms with Gasteiger partial charge < -0.3 is 9.84 Å². The highest BCUT2D eigenvalue weighted by Crippen LogP contribution is 2.18. The van der Waals surface area contributed by atoms with E-state index in [-0.39, 0.29) is 5.91 Å². The first-order chi connectivity index (χ1) is 14.1. The van der Waals surface area contributed by atoms with Crippen LogP contribution in [0.1, 0.15) is 28.8 Å². The van der Waals surface area contributed by atoms with E-state index in [9.17, 15) is 4.79 Å². The van der Waals surface area contributed by atoms with E-state index in [4.69, 9.17) is 16.1 Å². The maximum absolute atomic E-state index is 12.3. The molecule has 29 heavy (non-hydrogen) atoms. The molecule has 1 N–H and O–H groups in total. The zero-order valence-electron chi connectivity index (χ0n) is 15.5. The fraction of sp³-hybridized carbons (Fsp3) is 0.150. The number of carbonyl (C=O) groups is 1. The van der Waals surface area contributed by atoms with Crippen LogP contribution in [0.15, 0.2) is 59.6 Å². The number of carbonyl (C=O) groups excluding carboxylic acids is 1. The van der Waals surface area contributed by atoms with Gasteiger partial charge in [-0.15, -0.1) is 0 Å². The molecule has 1 aromatic carbocycles. The van der Waals surface area contributed by atoms with Crippen LogP contribution in [0.25, 0.3) is 17.3 Å². The molecule has 9 heteroatoms. The second-order valence-electron chi connectivity index (χ2n) is 6.25. The highest BCUT2D eigenvalue weighted by molar-refractivity contribution is 6.30. The molecule has 0 spiro atoms. The molecule has 4 aromatic rings. The summed E-state index contributed by atoms with van der Waals surface area (Å²) in [5.74, 6) is 1.42. The summed E-state index contributed by atoms with van der Waals surface area (Å²) >= 11 is 5.87. The van der Waals surface area contributed by atoms with E-state index in [1.807, 2.05) is 25.1 Å². The first kappa shape index (κ1) is 18.8. The minimum absolute atomic E-state index is 0.270. The summed E-state index contributed by atoms with van der Waals surface area (Å²) in [6.07, 6.45) is 5.51. The maximum Gasteiger partial charge on any atom is 0.271 e. The second-order valence-corrected chi connectivity index (χ2v) is 6.69. The van der Waals surface area contributed by atoms with Gasteiger partial charge in [0.2, 0.25) is 0 Å². The zero-order chi connectivity index (χ0) is 20.2. The summed E-state index contributed by atoms with van der Waals surface area (Å²) in [5.41, 5.74) is 1.98. The van der Waals surface area contributed by atoms with E-state index >= 15 is 0 Å². The number of benzene rings is 1. The number of hydrogen-bond donors (Lipinski definition) is 1. The molecule has 0 radical (unpaired) electrons. The van der Waals surface area contributed by atoms with Gasteiger partial charge in [0.1, 0.15) is 17.8 Å². The number of aromatic nitrogens is 5. The van der Waals surface area contributed by atoms with E-state index in [0.29, 0.717) is 41.2 Å². The van der Waals surface area contributed by atoms with Crippen molar-refractivity contribution in [2.45, 2.75) is 19.9 Å². The van der Waals surface area contributed by atoms with Gasteiger partial charge in [-0.05, 0) is 29.8 Å². The SMILES string of the molecule is CCc1noc(-c2ccc(-n3cnc(C(=O)NCc4ccc(Cl)cc4)c3)nc2)n1. The van der Waals surface area contributed by atoms with Gasteiger partial charge in [0.05, 0.1) is 5.56 Å². The fourth-order valence-corrected chi connectivity index (χ4v) is 2.75. The van der Waals surface area contributed by atoms with Crippen molar-refractivity contribution in [3.63, 3.8) is 0 Å². The largest absolute Gasteiger partial charge is 0.347 e. The molecule has 0 bridgehead atoms. The van der Waals surface area contributed by atoms with E-state index in [0.717, 1.165) is 11.1 Å². The van der Waals surface area contributed by atoms with E-state index in [2.05, 4.69) is 25.4 Å². The number of nitrogens with zero attached hydrogens (tertiary/aromatic N) is 5. The summed E-state index contributed by atoms with van der Waals surface area (Å²) in [6, 6.07) is 10.9. The predicted octanol–water partition coefficient (Wildman–Crippen LogP) is 3.46. The summed E-state index contributed by atoms with van der Waals surface area (Å²) in [5, 5.41) is 7.36. The van der Waals surface area contributed by atoms with Crippen LogP contribution in [0, 0.1) is 0 Å². The molecule has 0 atom stereocenters. The van der Waals surface area contributed by atoms with Crippen LogP contribution in [-0.2, 0) is 13.0 Å². The average Bonchev–Trinajstić information content (AvgIpc) is 3.43. The smallest absolute Gasteiger partial charge is 0.271 e. The van der Waals surface area contributed by atoms with Gasteiger partial charge in [-0.1, -0.05) is 35.8 Å². The number of imidazole rings is 1. The van der Waals surface area contributed by atoms with Crippen molar-refractivity contribution in [3.8, 4) is 17.3 Å². The molecule has 0 saturated carbocycles. The molecular weight excluding hydrogens is 392 g/mol. The van der Waals surface area contributed by atoms with Gasteiger partial charge in [-0.2, -0.15) is 4.98 Å². The Kier molecular flexibility index (Phi) is 5.35. The average molecular weight is 409 g/mol. The van der Waals surface area contributed by atoms with Crippen molar-refractivity contribution in [1.29, 1.82) is 0 Å². The van der Waals surface area contributed by atoms with Crippen molar-refractivity contribution in [3.05, 3.63) is 77.2 Å². The van der Waals surface area contributed by atoms with E-state index in [1.165, 1.54) is 0 Å². The van der Waals surface area contributed by atoms with Crippen molar-refractivity contribution in [2.75, 3.05) is 0 Å². The molecule has 3 heterocycles. The molecule has 0 aliphatic heterocycles. The van der Waals surface area contributed by atoms with Gasteiger partial charge in [0.15, 0.2) is 5.82 Å². The summed E-state index contributed by atoms with van der Waals surface area (Å²) in [4.78, 5) is 25.2. The lowest BCUT2D eigenvalue weighted by molar-refractivity contribution is 0.0946. The van der Waals surface area contributed by atoms with E-state index in [1.54, 1.807) is 41.5 Å². The first-order valence-corrected chi connectivity index (χ1v) is 9.36. The van der Waals surface area contributed by atoms with Crippen LogP contribution < -0.4 is 5.32 Å². The van der Waals surface area contributed by atoms with Gasteiger partial charge in [-0.25, -0.2) is 9.97 Å². The maximum atomic E-state index is 12.3. The number of pyridine rings is 1. The van der Waals surface area contributed by atoms with Crippen LogP contribution in [0.5, 0.6) is 0 Å². The lowest BCUT2D eigenvalue weighted by Gasteiger charge is -2.04. The third kappa shape index (κ3) is 4.33. The lowest BCUT2D eigenvalue weighted by atomic mass is 10.2. The molecule has 146 valence electrons. The van der Waals surface area contributed by atoms with Crippen LogP contribution in [0.3, 0.4) is 0 Å². The number of aryl methyl sites for hydroxylation is 1. The Hall–Kier alpha value is -3.52. The molecule has 0 unspecified atom stereocenters. The molecule has 1 amide bonds. The lowest BCUT2D eigenvalue weighted by Crippen LogP contribution is -2.23. The number of nitrogens with one attached hydrogen (secondary N) is 1. The molecule has 8 nitrogen and oxygen atoms in total. The number of amides is 1. The van der Waals surface area contributed by atoms with Crippen LogP contribution in [0.2, 0.25) is 5.02 Å². The number of hydrogen-bond acceptors (Lipinski definition) is 6. The van der Waals surface area contributed by atoms with Gasteiger partial charge >= 0.3 is 0 Å².